The van der Waals surface area contributed by atoms with Gasteiger partial charge < -0.3 is 10.2 Å². The molecule has 0 saturated heterocycles. The van der Waals surface area contributed by atoms with Crippen molar-refractivity contribution in [1.82, 2.24) is 19.6 Å². The number of aryl methyl sites for hydroxylation is 1. The Hall–Kier alpha value is -3.43. The molecule has 0 radical (unpaired) electrons. The summed E-state index contributed by atoms with van der Waals surface area (Å²) >= 11 is 0. The minimum absolute atomic E-state index is 0.299. The molecule has 0 spiro atoms. The first-order valence-electron chi connectivity index (χ1n) is 8.25. The highest BCUT2D eigenvalue weighted by atomic mass is 19.4. The third-order valence-corrected chi connectivity index (χ3v) is 3.94. The van der Waals surface area contributed by atoms with Gasteiger partial charge in [-0.25, -0.2) is 14.5 Å². The summed E-state index contributed by atoms with van der Waals surface area (Å²) in [7, 11) is 0. The van der Waals surface area contributed by atoms with Crippen LogP contribution in [0.2, 0.25) is 0 Å². The van der Waals surface area contributed by atoms with Crippen molar-refractivity contribution >= 4 is 22.7 Å². The lowest BCUT2D eigenvalue weighted by Gasteiger charge is -2.05. The van der Waals surface area contributed by atoms with Crippen molar-refractivity contribution in [2.45, 2.75) is 26.4 Å². The molecule has 10 heteroatoms. The van der Waals surface area contributed by atoms with Crippen LogP contribution in [0.4, 0.5) is 13.2 Å². The summed E-state index contributed by atoms with van der Waals surface area (Å²) in [5.41, 5.74) is 10.0. The smallest absolute Gasteiger partial charge is 0.388 e. The average Bonchev–Trinajstić information content (AvgIpc) is 3.27. The lowest BCUT2D eigenvalue weighted by atomic mass is 10.1. The SMILES string of the molecule is CCC(F)(F)F.Cc1cc(-c2ccc3ocnc3c2)nc2c(C(N)=O)cnn12. The van der Waals surface area contributed by atoms with Crippen molar-refractivity contribution < 1.29 is 22.4 Å². The van der Waals surface area contributed by atoms with Crippen LogP contribution in [-0.2, 0) is 0 Å². The van der Waals surface area contributed by atoms with Crippen molar-refractivity contribution in [3.05, 3.63) is 48.1 Å². The number of fused-ring (bicyclic) bond motifs is 2. The van der Waals surface area contributed by atoms with Crippen LogP contribution in [0.15, 0.2) is 41.3 Å². The van der Waals surface area contributed by atoms with Crippen molar-refractivity contribution in [1.29, 1.82) is 0 Å². The summed E-state index contributed by atoms with van der Waals surface area (Å²) in [6.45, 7) is 2.98. The van der Waals surface area contributed by atoms with Crippen LogP contribution in [0.25, 0.3) is 28.0 Å². The quantitative estimate of drug-likeness (QED) is 0.559. The molecule has 1 amide bonds. The molecule has 0 unspecified atom stereocenters. The summed E-state index contributed by atoms with van der Waals surface area (Å²) in [6.07, 6.45) is -1.85. The van der Waals surface area contributed by atoms with Crippen LogP contribution in [0.3, 0.4) is 0 Å². The van der Waals surface area contributed by atoms with Crippen LogP contribution < -0.4 is 5.73 Å². The highest BCUT2D eigenvalue weighted by Gasteiger charge is 2.22. The minimum Gasteiger partial charge on any atom is -0.443 e. The average molecular weight is 391 g/mol. The molecule has 0 fully saturated rings. The van der Waals surface area contributed by atoms with Gasteiger partial charge in [0.1, 0.15) is 11.1 Å². The number of benzene rings is 1. The highest BCUT2D eigenvalue weighted by molar-refractivity contribution is 5.98. The lowest BCUT2D eigenvalue weighted by molar-refractivity contribution is -0.130. The maximum absolute atomic E-state index is 11.5. The van der Waals surface area contributed by atoms with E-state index in [0.717, 1.165) is 29.4 Å². The molecule has 7 nitrogen and oxygen atoms in total. The van der Waals surface area contributed by atoms with Crippen molar-refractivity contribution in [2.75, 3.05) is 0 Å². The van der Waals surface area contributed by atoms with E-state index >= 15 is 0 Å². The molecule has 0 aliphatic rings. The van der Waals surface area contributed by atoms with Crippen molar-refractivity contribution in [3.8, 4) is 11.3 Å². The van der Waals surface area contributed by atoms with E-state index in [1.807, 2.05) is 31.2 Å². The largest absolute Gasteiger partial charge is 0.443 e. The first kappa shape index (κ1) is 19.3. The Kier molecular flexibility index (Phi) is 5.04. The zero-order valence-corrected chi connectivity index (χ0v) is 15.0. The van der Waals surface area contributed by atoms with Gasteiger partial charge in [0.05, 0.1) is 11.9 Å². The van der Waals surface area contributed by atoms with E-state index in [1.54, 1.807) is 4.52 Å². The van der Waals surface area contributed by atoms with Gasteiger partial charge >= 0.3 is 6.18 Å². The Morgan fingerprint density at radius 1 is 1.29 bits per heavy atom. The first-order chi connectivity index (χ1) is 13.2. The number of nitrogens with zero attached hydrogens (tertiary/aromatic N) is 4. The fraction of sp³-hybridized carbons (Fsp3) is 0.222. The van der Waals surface area contributed by atoms with E-state index in [-0.39, 0.29) is 0 Å². The van der Waals surface area contributed by atoms with E-state index in [2.05, 4.69) is 15.1 Å². The third-order valence-electron chi connectivity index (χ3n) is 3.94. The van der Waals surface area contributed by atoms with E-state index in [0.29, 0.717) is 16.8 Å². The molecule has 146 valence electrons. The molecule has 28 heavy (non-hydrogen) atoms. The third kappa shape index (κ3) is 3.95. The summed E-state index contributed by atoms with van der Waals surface area (Å²) < 4.78 is 39.2. The zero-order valence-electron chi connectivity index (χ0n) is 15.0. The molecule has 4 rings (SSSR count). The van der Waals surface area contributed by atoms with E-state index in [1.165, 1.54) is 12.6 Å². The number of hydrogen-bond acceptors (Lipinski definition) is 5. The number of carbonyl (C=O) groups is 1. The van der Waals surface area contributed by atoms with Crippen LogP contribution in [0, 0.1) is 6.92 Å². The molecule has 0 atom stereocenters. The van der Waals surface area contributed by atoms with Gasteiger partial charge in [-0.15, -0.1) is 0 Å². The Morgan fingerprint density at radius 3 is 2.64 bits per heavy atom. The van der Waals surface area contributed by atoms with Gasteiger partial charge in [0, 0.05) is 17.7 Å². The predicted molar refractivity (Wildman–Crippen MR) is 95.6 cm³/mol. The maximum Gasteiger partial charge on any atom is 0.388 e. The number of amides is 1. The highest BCUT2D eigenvalue weighted by Crippen LogP contribution is 2.24. The summed E-state index contributed by atoms with van der Waals surface area (Å²) in [6, 6.07) is 7.51. The fourth-order valence-corrected chi connectivity index (χ4v) is 2.45. The summed E-state index contributed by atoms with van der Waals surface area (Å²) in [4.78, 5) is 20.1. The number of aromatic nitrogens is 4. The van der Waals surface area contributed by atoms with E-state index in [4.69, 9.17) is 10.2 Å². The van der Waals surface area contributed by atoms with Crippen LogP contribution in [0.1, 0.15) is 29.4 Å². The Balaban J connectivity index is 0.000000330. The number of halogens is 3. The van der Waals surface area contributed by atoms with E-state index < -0.39 is 18.5 Å². The molecule has 0 saturated carbocycles. The molecule has 0 aliphatic heterocycles. The molecular formula is C18H16F3N5O2. The number of nitrogens with two attached hydrogens (primary N) is 1. The predicted octanol–water partition coefficient (Wildman–Crippen LogP) is 3.90. The second-order valence-corrected chi connectivity index (χ2v) is 5.94. The summed E-state index contributed by atoms with van der Waals surface area (Å²) in [5.74, 6) is -0.550. The zero-order chi connectivity index (χ0) is 20.5. The number of hydrogen-bond donors (Lipinski definition) is 1. The Morgan fingerprint density at radius 2 is 2.00 bits per heavy atom. The van der Waals surface area contributed by atoms with Crippen molar-refractivity contribution in [2.24, 2.45) is 5.73 Å². The van der Waals surface area contributed by atoms with E-state index in [9.17, 15) is 18.0 Å². The van der Waals surface area contributed by atoms with Crippen molar-refractivity contribution in [3.63, 3.8) is 0 Å². The van der Waals surface area contributed by atoms with Crippen LogP contribution in [0.5, 0.6) is 0 Å². The van der Waals surface area contributed by atoms with Gasteiger partial charge in [0.2, 0.25) is 0 Å². The maximum atomic E-state index is 11.5. The Bertz CT molecular complexity index is 1150. The van der Waals surface area contributed by atoms with Crippen LogP contribution in [-0.4, -0.2) is 31.7 Å². The number of alkyl halides is 3. The number of primary amides is 1. The van der Waals surface area contributed by atoms with Gasteiger partial charge in [0.15, 0.2) is 17.6 Å². The topological polar surface area (TPSA) is 99.3 Å². The summed E-state index contributed by atoms with van der Waals surface area (Å²) in [5, 5.41) is 4.14. The number of carbonyl (C=O) groups excluding carboxylic acids is 1. The second-order valence-electron chi connectivity index (χ2n) is 5.94. The standard InChI is InChI=1S/C15H11N5O2.C3H5F3/c1-8-4-11(9-2-3-13-12(5-9)17-7-22-13)19-15-10(14(16)21)6-18-20(8)15;1-2-3(4,5)6/h2-7H,1H3,(H2,16,21);2H2,1H3. The lowest BCUT2D eigenvalue weighted by Crippen LogP contribution is -2.11. The number of oxazole rings is 1. The first-order valence-corrected chi connectivity index (χ1v) is 8.25. The molecule has 2 N–H and O–H groups in total. The van der Waals surface area contributed by atoms with Gasteiger partial charge in [-0.1, -0.05) is 6.92 Å². The number of rotatable bonds is 2. The molecule has 4 aromatic rings. The molecule has 0 aliphatic carbocycles. The molecule has 0 bridgehead atoms. The molecule has 3 heterocycles. The fourth-order valence-electron chi connectivity index (χ4n) is 2.45. The Labute approximate surface area is 157 Å². The normalized spacial score (nSPS) is 11.5. The van der Waals surface area contributed by atoms with Gasteiger partial charge in [-0.3, -0.25) is 4.79 Å². The van der Waals surface area contributed by atoms with Gasteiger partial charge in [-0.05, 0) is 31.2 Å². The van der Waals surface area contributed by atoms with Crippen LogP contribution >= 0.6 is 0 Å². The monoisotopic (exact) mass is 391 g/mol. The molecule has 1 aromatic carbocycles. The van der Waals surface area contributed by atoms with Gasteiger partial charge in [0.25, 0.3) is 5.91 Å². The second kappa shape index (κ2) is 7.29. The molecule has 3 aromatic heterocycles. The minimum atomic E-state index is -3.96. The van der Waals surface area contributed by atoms with Gasteiger partial charge in [-0.2, -0.15) is 18.3 Å². The molecular weight excluding hydrogens is 375 g/mol.